The number of rotatable bonds is 6. The Bertz CT molecular complexity index is 950. The zero-order chi connectivity index (χ0) is 21.1. The van der Waals surface area contributed by atoms with E-state index in [0.717, 1.165) is 5.56 Å². The first-order valence-electron chi connectivity index (χ1n) is 9.02. The molecule has 0 saturated carbocycles. The van der Waals surface area contributed by atoms with E-state index < -0.39 is 7.82 Å². The predicted octanol–water partition coefficient (Wildman–Crippen LogP) is 8.48. The second-order valence-corrected chi connectivity index (χ2v) is 9.85. The number of benzene rings is 3. The topological polar surface area (TPSA) is 44.8 Å². The van der Waals surface area contributed by atoms with Gasteiger partial charge in [-0.2, -0.15) is 4.57 Å². The molecule has 0 aliphatic carbocycles. The quantitative estimate of drug-likeness (QED) is 0.275. The molecule has 3 aromatic rings. The molecule has 0 bridgehead atoms. The SMILES string of the molecule is C.C.CC(C)(C)c1cc(S)c(OP(=O)(Oc2ccccc2)Oc2ccccc2)c(S)c1. The summed E-state index contributed by atoms with van der Waals surface area (Å²) >= 11 is 9.05. The van der Waals surface area contributed by atoms with Crippen molar-refractivity contribution in [3.8, 4) is 17.2 Å². The maximum Gasteiger partial charge on any atom is 0.647 e. The lowest BCUT2D eigenvalue weighted by molar-refractivity contribution is 0.293. The minimum Gasteiger partial charge on any atom is -0.386 e. The lowest BCUT2D eigenvalue weighted by atomic mass is 9.87. The third-order valence-electron chi connectivity index (χ3n) is 4.04. The van der Waals surface area contributed by atoms with Crippen LogP contribution in [0.4, 0.5) is 0 Å². The van der Waals surface area contributed by atoms with Gasteiger partial charge in [-0.25, -0.2) is 0 Å². The van der Waals surface area contributed by atoms with Crippen LogP contribution in [0.25, 0.3) is 0 Å². The summed E-state index contributed by atoms with van der Waals surface area (Å²) < 4.78 is 30.7. The number of phosphoric ester groups is 1. The van der Waals surface area contributed by atoms with Crippen LogP contribution in [-0.2, 0) is 9.98 Å². The molecule has 0 atom stereocenters. The van der Waals surface area contributed by atoms with Gasteiger partial charge in [0.15, 0.2) is 5.75 Å². The average Bonchev–Trinajstić information content (AvgIpc) is 2.65. The Morgan fingerprint density at radius 1 is 0.710 bits per heavy atom. The Morgan fingerprint density at radius 3 is 1.45 bits per heavy atom. The highest BCUT2D eigenvalue weighted by molar-refractivity contribution is 7.81. The molecule has 4 nitrogen and oxygen atoms in total. The number of para-hydroxylation sites is 2. The Hall–Kier alpha value is -2.01. The molecule has 0 aliphatic rings. The molecule has 3 rings (SSSR count). The van der Waals surface area contributed by atoms with E-state index in [1.807, 2.05) is 24.3 Å². The minimum absolute atomic E-state index is 0. The van der Waals surface area contributed by atoms with Crippen molar-refractivity contribution in [1.82, 2.24) is 0 Å². The second kappa shape index (κ2) is 11.0. The van der Waals surface area contributed by atoms with Crippen LogP contribution in [0, 0.1) is 0 Å². The van der Waals surface area contributed by atoms with Crippen LogP contribution in [-0.4, -0.2) is 0 Å². The fourth-order valence-corrected chi connectivity index (χ4v) is 4.65. The largest absolute Gasteiger partial charge is 0.647 e. The van der Waals surface area contributed by atoms with Crippen LogP contribution in [0.3, 0.4) is 0 Å². The third-order valence-corrected chi connectivity index (χ3v) is 5.98. The Labute approximate surface area is 197 Å². The maximum absolute atomic E-state index is 13.6. The summed E-state index contributed by atoms with van der Waals surface area (Å²) in [5.41, 5.74) is 0.931. The third kappa shape index (κ3) is 7.27. The molecular weight excluding hydrogens is 447 g/mol. The molecule has 31 heavy (non-hydrogen) atoms. The average molecular weight is 479 g/mol. The molecule has 0 N–H and O–H groups in total. The van der Waals surface area contributed by atoms with E-state index >= 15 is 0 Å². The standard InChI is InChI=1S/C22H23O4PS2.2CH4/c1-22(2,3)16-14-19(28)21(20(29)15-16)26-27(23,24-17-10-6-4-7-11-17)25-18-12-8-5-9-13-18;;/h4-15,28-29H,1-3H3;2*1H4. The molecule has 0 saturated heterocycles. The highest BCUT2D eigenvalue weighted by atomic mass is 32.1. The predicted molar refractivity (Wildman–Crippen MR) is 135 cm³/mol. The van der Waals surface area contributed by atoms with Crippen LogP contribution in [0.15, 0.2) is 82.6 Å². The fourth-order valence-electron chi connectivity index (χ4n) is 2.51. The van der Waals surface area contributed by atoms with Crippen LogP contribution >= 0.6 is 33.1 Å². The van der Waals surface area contributed by atoms with Crippen molar-refractivity contribution >= 4 is 33.1 Å². The molecular formula is C24H31O4PS2. The number of phosphoric acid groups is 1. The highest BCUT2D eigenvalue weighted by Crippen LogP contribution is 2.52. The van der Waals surface area contributed by atoms with Crippen molar-refractivity contribution in [2.75, 3.05) is 0 Å². The van der Waals surface area contributed by atoms with Gasteiger partial charge in [0.25, 0.3) is 0 Å². The van der Waals surface area contributed by atoms with Gasteiger partial charge in [-0.15, -0.1) is 25.3 Å². The maximum atomic E-state index is 13.6. The van der Waals surface area contributed by atoms with Crippen molar-refractivity contribution in [3.63, 3.8) is 0 Å². The van der Waals surface area contributed by atoms with E-state index in [4.69, 9.17) is 13.6 Å². The molecule has 168 valence electrons. The van der Waals surface area contributed by atoms with Crippen molar-refractivity contribution in [2.24, 2.45) is 0 Å². The van der Waals surface area contributed by atoms with Crippen LogP contribution in [0.1, 0.15) is 41.2 Å². The molecule has 0 amide bonds. The second-order valence-electron chi connectivity index (χ2n) is 7.44. The van der Waals surface area contributed by atoms with Gasteiger partial charge in [0, 0.05) is 9.79 Å². The zero-order valence-electron chi connectivity index (χ0n) is 16.4. The highest BCUT2D eigenvalue weighted by Gasteiger charge is 2.35. The first-order valence-corrected chi connectivity index (χ1v) is 11.4. The summed E-state index contributed by atoms with van der Waals surface area (Å²) in [5.74, 6) is 0.957. The van der Waals surface area contributed by atoms with E-state index in [-0.39, 0.29) is 26.0 Å². The van der Waals surface area contributed by atoms with E-state index in [1.165, 1.54) is 0 Å². The summed E-state index contributed by atoms with van der Waals surface area (Å²) in [7, 11) is -4.09. The summed E-state index contributed by atoms with van der Waals surface area (Å²) in [6, 6.07) is 21.2. The Morgan fingerprint density at radius 2 is 1.10 bits per heavy atom. The smallest absolute Gasteiger partial charge is 0.386 e. The Kier molecular flexibility index (Phi) is 9.62. The monoisotopic (exact) mass is 478 g/mol. The molecule has 0 spiro atoms. The van der Waals surface area contributed by atoms with Crippen molar-refractivity contribution in [2.45, 2.75) is 50.8 Å². The van der Waals surface area contributed by atoms with Crippen molar-refractivity contribution in [1.29, 1.82) is 0 Å². The van der Waals surface area contributed by atoms with Gasteiger partial charge >= 0.3 is 7.82 Å². The normalized spacial score (nSPS) is 11.0. The van der Waals surface area contributed by atoms with Crippen LogP contribution in [0.2, 0.25) is 0 Å². The summed E-state index contributed by atoms with van der Waals surface area (Å²) in [4.78, 5) is 0.993. The summed E-state index contributed by atoms with van der Waals surface area (Å²) in [6.07, 6.45) is 0. The van der Waals surface area contributed by atoms with Gasteiger partial charge in [-0.05, 0) is 47.4 Å². The molecule has 0 aliphatic heterocycles. The number of thiol groups is 2. The van der Waals surface area contributed by atoms with Gasteiger partial charge in [-0.1, -0.05) is 72.0 Å². The molecule has 7 heteroatoms. The lowest BCUT2D eigenvalue weighted by Gasteiger charge is -2.24. The minimum atomic E-state index is -4.09. The molecule has 0 radical (unpaired) electrons. The van der Waals surface area contributed by atoms with Crippen molar-refractivity contribution < 1.29 is 18.1 Å². The van der Waals surface area contributed by atoms with Gasteiger partial charge in [0.1, 0.15) is 11.5 Å². The summed E-state index contributed by atoms with van der Waals surface area (Å²) in [6.45, 7) is 6.27. The first kappa shape index (κ1) is 27.0. The van der Waals surface area contributed by atoms with Gasteiger partial charge in [-0.3, -0.25) is 0 Å². The van der Waals surface area contributed by atoms with Gasteiger partial charge in [0.05, 0.1) is 0 Å². The van der Waals surface area contributed by atoms with Crippen LogP contribution < -0.4 is 13.6 Å². The molecule has 0 fully saturated rings. The van der Waals surface area contributed by atoms with Crippen LogP contribution in [0.5, 0.6) is 17.2 Å². The molecule has 3 aromatic carbocycles. The van der Waals surface area contributed by atoms with E-state index in [9.17, 15) is 4.57 Å². The summed E-state index contributed by atoms with van der Waals surface area (Å²) in [5, 5.41) is 0. The molecule has 0 heterocycles. The molecule has 0 aromatic heterocycles. The molecule has 0 unspecified atom stereocenters. The van der Waals surface area contributed by atoms with Gasteiger partial charge < -0.3 is 13.6 Å². The number of hydrogen-bond donors (Lipinski definition) is 2. The first-order chi connectivity index (χ1) is 13.7. The zero-order valence-corrected chi connectivity index (χ0v) is 19.1. The number of hydrogen-bond acceptors (Lipinski definition) is 6. The lowest BCUT2D eigenvalue weighted by Crippen LogP contribution is -2.12. The van der Waals surface area contributed by atoms with E-state index in [2.05, 4.69) is 46.0 Å². The van der Waals surface area contributed by atoms with E-state index in [1.54, 1.807) is 48.5 Å². The fraction of sp³-hybridized carbons (Fsp3) is 0.250. The Balaban J connectivity index is 0.00000240. The van der Waals surface area contributed by atoms with E-state index in [0.29, 0.717) is 21.3 Å². The van der Waals surface area contributed by atoms with Crippen molar-refractivity contribution in [3.05, 3.63) is 78.4 Å². The van der Waals surface area contributed by atoms with Gasteiger partial charge in [0.2, 0.25) is 0 Å².